The Bertz CT molecular complexity index is 501. The molecular formula is C11H10BrClN2S. The van der Waals surface area contributed by atoms with E-state index in [1.807, 2.05) is 18.4 Å². The number of aromatic nitrogens is 2. The zero-order valence-electron chi connectivity index (χ0n) is 8.92. The molecule has 0 spiro atoms. The van der Waals surface area contributed by atoms with Gasteiger partial charge in [0.15, 0.2) is 5.82 Å². The fourth-order valence-corrected chi connectivity index (χ4v) is 3.35. The molecule has 0 aromatic carbocycles. The van der Waals surface area contributed by atoms with Crippen molar-refractivity contribution in [2.75, 3.05) is 0 Å². The Hall–Kier alpha value is -0.450. The molecule has 2 aromatic heterocycles. The SMILES string of the molecule is CCc1c(C)nc(-c2sccc2Br)nc1Cl. The number of halogens is 2. The van der Waals surface area contributed by atoms with Gasteiger partial charge in [-0.3, -0.25) is 0 Å². The van der Waals surface area contributed by atoms with Crippen molar-refractivity contribution in [3.63, 3.8) is 0 Å². The van der Waals surface area contributed by atoms with Crippen LogP contribution in [0.5, 0.6) is 0 Å². The van der Waals surface area contributed by atoms with Gasteiger partial charge in [0.25, 0.3) is 0 Å². The maximum Gasteiger partial charge on any atom is 0.172 e. The summed E-state index contributed by atoms with van der Waals surface area (Å²) >= 11 is 11.2. The summed E-state index contributed by atoms with van der Waals surface area (Å²) in [6.07, 6.45) is 0.858. The van der Waals surface area contributed by atoms with E-state index in [9.17, 15) is 0 Å². The van der Waals surface area contributed by atoms with E-state index in [0.29, 0.717) is 11.0 Å². The molecule has 2 rings (SSSR count). The maximum absolute atomic E-state index is 6.14. The van der Waals surface area contributed by atoms with Crippen molar-refractivity contribution in [3.05, 3.63) is 32.3 Å². The normalized spacial score (nSPS) is 10.8. The van der Waals surface area contributed by atoms with Crippen molar-refractivity contribution in [1.29, 1.82) is 0 Å². The fourth-order valence-electron chi connectivity index (χ4n) is 1.52. The number of hydrogen-bond donors (Lipinski definition) is 0. The van der Waals surface area contributed by atoms with Crippen LogP contribution in [0.25, 0.3) is 10.7 Å². The van der Waals surface area contributed by atoms with E-state index in [2.05, 4.69) is 32.8 Å². The Morgan fingerprint density at radius 2 is 2.19 bits per heavy atom. The zero-order valence-corrected chi connectivity index (χ0v) is 12.1. The highest BCUT2D eigenvalue weighted by Gasteiger charge is 2.12. The summed E-state index contributed by atoms with van der Waals surface area (Å²) in [7, 11) is 0. The molecule has 2 nitrogen and oxygen atoms in total. The molecule has 0 N–H and O–H groups in total. The lowest BCUT2D eigenvalue weighted by Gasteiger charge is -2.06. The number of hydrogen-bond acceptors (Lipinski definition) is 3. The van der Waals surface area contributed by atoms with Gasteiger partial charge in [-0.05, 0) is 40.7 Å². The van der Waals surface area contributed by atoms with Gasteiger partial charge in [-0.25, -0.2) is 9.97 Å². The van der Waals surface area contributed by atoms with Gasteiger partial charge in [0, 0.05) is 15.7 Å². The Morgan fingerprint density at radius 3 is 2.69 bits per heavy atom. The molecule has 0 atom stereocenters. The van der Waals surface area contributed by atoms with Crippen LogP contribution in [0.1, 0.15) is 18.2 Å². The van der Waals surface area contributed by atoms with Crippen LogP contribution in [0.2, 0.25) is 5.15 Å². The minimum atomic E-state index is 0.560. The molecule has 2 heterocycles. The van der Waals surface area contributed by atoms with Crippen LogP contribution in [0, 0.1) is 6.92 Å². The molecule has 0 saturated heterocycles. The van der Waals surface area contributed by atoms with E-state index in [-0.39, 0.29) is 0 Å². The second kappa shape index (κ2) is 4.82. The molecule has 0 unspecified atom stereocenters. The van der Waals surface area contributed by atoms with Crippen LogP contribution in [0.4, 0.5) is 0 Å². The van der Waals surface area contributed by atoms with E-state index in [1.165, 1.54) is 0 Å². The number of rotatable bonds is 2. The molecule has 5 heteroatoms. The summed E-state index contributed by atoms with van der Waals surface area (Å²) in [6, 6.07) is 1.99. The third-order valence-electron chi connectivity index (χ3n) is 2.34. The molecule has 0 aliphatic carbocycles. The Labute approximate surface area is 112 Å². The molecular weight excluding hydrogens is 308 g/mol. The third-order valence-corrected chi connectivity index (χ3v) is 4.48. The predicted octanol–water partition coefficient (Wildman–Crippen LogP) is 4.49. The van der Waals surface area contributed by atoms with E-state index < -0.39 is 0 Å². The van der Waals surface area contributed by atoms with Crippen molar-refractivity contribution in [2.24, 2.45) is 0 Å². The molecule has 0 aliphatic rings. The summed E-state index contributed by atoms with van der Waals surface area (Å²) in [5.74, 6) is 0.696. The first-order valence-electron chi connectivity index (χ1n) is 4.89. The topological polar surface area (TPSA) is 25.8 Å². The predicted molar refractivity (Wildman–Crippen MR) is 72.2 cm³/mol. The second-order valence-electron chi connectivity index (χ2n) is 3.35. The summed E-state index contributed by atoms with van der Waals surface area (Å²) in [5.41, 5.74) is 1.98. The van der Waals surface area contributed by atoms with Crippen LogP contribution in [-0.2, 0) is 6.42 Å². The maximum atomic E-state index is 6.14. The van der Waals surface area contributed by atoms with Crippen molar-refractivity contribution >= 4 is 38.9 Å². The smallest absolute Gasteiger partial charge is 0.172 e. The molecule has 0 amide bonds. The average Bonchev–Trinajstić information content (AvgIpc) is 2.64. The van der Waals surface area contributed by atoms with Gasteiger partial charge in [0.2, 0.25) is 0 Å². The summed E-state index contributed by atoms with van der Waals surface area (Å²) in [4.78, 5) is 9.86. The van der Waals surface area contributed by atoms with Crippen LogP contribution in [0.3, 0.4) is 0 Å². The Morgan fingerprint density at radius 1 is 1.44 bits per heavy atom. The van der Waals surface area contributed by atoms with Gasteiger partial charge in [-0.1, -0.05) is 18.5 Å². The van der Waals surface area contributed by atoms with Gasteiger partial charge in [-0.2, -0.15) is 0 Å². The Balaban J connectivity index is 2.57. The Kier molecular flexibility index (Phi) is 3.62. The highest BCUT2D eigenvalue weighted by molar-refractivity contribution is 9.10. The largest absolute Gasteiger partial charge is 0.232 e. The summed E-state index contributed by atoms with van der Waals surface area (Å²) in [5, 5.41) is 2.56. The number of aryl methyl sites for hydroxylation is 1. The standard InChI is InChI=1S/C11H10BrClN2S/c1-3-7-6(2)14-11(15-10(7)13)9-8(12)4-5-16-9/h4-5H,3H2,1-2H3. The van der Waals surface area contributed by atoms with Gasteiger partial charge in [0.1, 0.15) is 5.15 Å². The first-order chi connectivity index (χ1) is 7.63. The first-order valence-corrected chi connectivity index (χ1v) is 6.95. The molecule has 0 aliphatic heterocycles. The fraction of sp³-hybridized carbons (Fsp3) is 0.273. The van der Waals surface area contributed by atoms with Crippen LogP contribution >= 0.6 is 38.9 Å². The molecule has 0 radical (unpaired) electrons. The zero-order chi connectivity index (χ0) is 11.7. The molecule has 84 valence electrons. The second-order valence-corrected chi connectivity index (χ2v) is 5.48. The molecule has 16 heavy (non-hydrogen) atoms. The van der Waals surface area contributed by atoms with Gasteiger partial charge < -0.3 is 0 Å². The molecule has 0 fully saturated rings. The summed E-state index contributed by atoms with van der Waals surface area (Å²) in [6.45, 7) is 4.02. The lowest BCUT2D eigenvalue weighted by molar-refractivity contribution is 1.00. The lowest BCUT2D eigenvalue weighted by atomic mass is 10.2. The number of thiophene rings is 1. The van der Waals surface area contributed by atoms with Crippen LogP contribution in [-0.4, -0.2) is 9.97 Å². The summed E-state index contributed by atoms with van der Waals surface area (Å²) < 4.78 is 1.01. The number of nitrogens with zero attached hydrogens (tertiary/aromatic N) is 2. The quantitative estimate of drug-likeness (QED) is 0.763. The van der Waals surface area contributed by atoms with Gasteiger partial charge in [0.05, 0.1) is 4.88 Å². The molecule has 2 aromatic rings. The molecule has 0 bridgehead atoms. The van der Waals surface area contributed by atoms with Crippen molar-refractivity contribution in [3.8, 4) is 10.7 Å². The van der Waals surface area contributed by atoms with E-state index in [1.54, 1.807) is 11.3 Å². The van der Waals surface area contributed by atoms with Gasteiger partial charge >= 0.3 is 0 Å². The van der Waals surface area contributed by atoms with E-state index in [0.717, 1.165) is 27.0 Å². The van der Waals surface area contributed by atoms with Crippen LogP contribution in [0.15, 0.2) is 15.9 Å². The van der Waals surface area contributed by atoms with E-state index >= 15 is 0 Å². The van der Waals surface area contributed by atoms with Crippen LogP contribution < -0.4 is 0 Å². The lowest BCUT2D eigenvalue weighted by Crippen LogP contribution is -1.98. The monoisotopic (exact) mass is 316 g/mol. The highest BCUT2D eigenvalue weighted by Crippen LogP contribution is 2.32. The minimum absolute atomic E-state index is 0.560. The third kappa shape index (κ3) is 2.14. The average molecular weight is 318 g/mol. The van der Waals surface area contributed by atoms with Gasteiger partial charge in [-0.15, -0.1) is 11.3 Å². The first kappa shape index (κ1) is 12.0. The van der Waals surface area contributed by atoms with Crippen molar-refractivity contribution in [1.82, 2.24) is 9.97 Å². The van der Waals surface area contributed by atoms with E-state index in [4.69, 9.17) is 11.6 Å². The minimum Gasteiger partial charge on any atom is -0.232 e. The molecule has 0 saturated carbocycles. The van der Waals surface area contributed by atoms with Crippen molar-refractivity contribution < 1.29 is 0 Å². The highest BCUT2D eigenvalue weighted by atomic mass is 79.9. The van der Waals surface area contributed by atoms with Crippen molar-refractivity contribution in [2.45, 2.75) is 20.3 Å².